The largest absolute Gasteiger partial charge is 0.397 e. The first kappa shape index (κ1) is 29.2. The molecule has 226 valence electrons. The van der Waals surface area contributed by atoms with Crippen molar-refractivity contribution in [2.45, 2.75) is 40.9 Å². The number of rotatable bonds is 8. The Morgan fingerprint density at radius 2 is 2.05 bits per heavy atom. The number of thiol groups is 1. The summed E-state index contributed by atoms with van der Waals surface area (Å²) in [6.07, 6.45) is -2.87. The van der Waals surface area contributed by atoms with Crippen LogP contribution in [0.1, 0.15) is 5.37 Å². The molecule has 6 heterocycles. The van der Waals surface area contributed by atoms with Crippen molar-refractivity contribution >= 4 is 64.8 Å². The van der Waals surface area contributed by atoms with E-state index in [1.165, 1.54) is 23.2 Å². The van der Waals surface area contributed by atoms with Crippen molar-refractivity contribution in [1.29, 1.82) is 0 Å². The monoisotopic (exact) mass is 647 g/mol. The fourth-order valence-electron chi connectivity index (χ4n) is 4.90. The fraction of sp³-hybridized carbons (Fsp3) is 0.476. The molecule has 2 fully saturated rings. The fourth-order valence-corrected chi connectivity index (χ4v) is 7.84. The number of nitrogens with one attached hydrogen (secondary N) is 1. The summed E-state index contributed by atoms with van der Waals surface area (Å²) in [5.74, 6) is -2.73. The Morgan fingerprint density at radius 1 is 1.29 bits per heavy atom. The lowest BCUT2D eigenvalue weighted by Crippen LogP contribution is -2.43. The van der Waals surface area contributed by atoms with Gasteiger partial charge >= 0.3 is 6.80 Å². The van der Waals surface area contributed by atoms with Crippen molar-refractivity contribution < 1.29 is 37.3 Å². The van der Waals surface area contributed by atoms with E-state index >= 15 is 8.78 Å². The standard InChI is InChI=1S/C21H24F2N9O7PS2/c22-11-10(3-33)42-19(31-6-27-13-17(31)29-20(25)30-18(13)35)14(11)39-40(36,41)38-4-9-15(34)21(23,5-37-9)32-7-28-12-8(24)1-2-26-16(12)32/h1-2,6-7,9-11,14-15,19,33-34H,3-5H2,(H2,24,26)(H,36,41)(H3,25,29,30,35)/t9-,10-,11+,14?,15-,19-,21-,40?/m1/s1. The summed E-state index contributed by atoms with van der Waals surface area (Å²) in [7, 11) is 0. The lowest BCUT2D eigenvalue weighted by molar-refractivity contribution is -0.0455. The summed E-state index contributed by atoms with van der Waals surface area (Å²) < 4.78 is 63.2. The molecule has 2 saturated heterocycles. The minimum atomic E-state index is -4.41. The third-order valence-corrected chi connectivity index (χ3v) is 10.1. The van der Waals surface area contributed by atoms with E-state index in [1.54, 1.807) is 0 Å². The predicted octanol–water partition coefficient (Wildman–Crippen LogP) is 0.495. The van der Waals surface area contributed by atoms with Crippen LogP contribution in [0.5, 0.6) is 0 Å². The molecule has 2 unspecified atom stereocenters. The normalized spacial score (nSPS) is 31.3. The lowest BCUT2D eigenvalue weighted by Gasteiger charge is -2.27. The van der Waals surface area contributed by atoms with Crippen LogP contribution in [0.4, 0.5) is 20.4 Å². The van der Waals surface area contributed by atoms with Gasteiger partial charge in [0, 0.05) is 6.20 Å². The summed E-state index contributed by atoms with van der Waals surface area (Å²) in [6, 6.07) is 1.49. The minimum Gasteiger partial charge on any atom is -0.397 e. The molecular formula is C21H24F2N9O7PS2. The van der Waals surface area contributed by atoms with Gasteiger partial charge in [0.25, 0.3) is 5.56 Å². The van der Waals surface area contributed by atoms with Crippen molar-refractivity contribution in [1.82, 2.24) is 34.1 Å². The second-order valence-electron chi connectivity index (χ2n) is 9.60. The third-order valence-electron chi connectivity index (χ3n) is 7.00. The van der Waals surface area contributed by atoms with Gasteiger partial charge in [-0.05, 0) is 6.07 Å². The number of hydrogen-bond acceptors (Lipinski definition) is 14. The smallest absolute Gasteiger partial charge is 0.386 e. The van der Waals surface area contributed by atoms with Gasteiger partial charge in [0.1, 0.15) is 42.0 Å². The van der Waals surface area contributed by atoms with Gasteiger partial charge < -0.3 is 26.4 Å². The third kappa shape index (κ3) is 4.84. The number of nitrogens with zero attached hydrogens (tertiary/aromatic N) is 6. The molecule has 0 aliphatic carbocycles. The highest BCUT2D eigenvalue weighted by Gasteiger charge is 2.54. The van der Waals surface area contributed by atoms with E-state index in [9.17, 15) is 19.6 Å². The van der Waals surface area contributed by atoms with Gasteiger partial charge in [0.05, 0.1) is 36.8 Å². The molecule has 6 rings (SSSR count). The van der Waals surface area contributed by atoms with Crippen LogP contribution in [0.25, 0.3) is 22.3 Å². The Bertz CT molecular complexity index is 1760. The molecule has 4 aromatic rings. The molecule has 16 nitrogen and oxygen atoms in total. The van der Waals surface area contributed by atoms with Gasteiger partial charge in [0.2, 0.25) is 11.7 Å². The average molecular weight is 648 g/mol. The number of aromatic nitrogens is 7. The molecule has 2 aliphatic heterocycles. The maximum Gasteiger partial charge on any atom is 0.386 e. The van der Waals surface area contributed by atoms with Crippen molar-refractivity contribution in [3.8, 4) is 0 Å². The molecular weight excluding hydrogens is 623 g/mol. The number of alkyl halides is 2. The van der Waals surface area contributed by atoms with Crippen LogP contribution in [0.15, 0.2) is 29.7 Å². The Morgan fingerprint density at radius 3 is 2.81 bits per heavy atom. The van der Waals surface area contributed by atoms with Crippen molar-refractivity contribution in [2.24, 2.45) is 0 Å². The highest BCUT2D eigenvalue weighted by atomic mass is 32.7. The van der Waals surface area contributed by atoms with E-state index in [0.29, 0.717) is 0 Å². The van der Waals surface area contributed by atoms with Crippen molar-refractivity contribution in [3.63, 3.8) is 0 Å². The number of anilines is 2. The Labute approximate surface area is 243 Å². The number of halogens is 2. The highest BCUT2D eigenvalue weighted by Crippen LogP contribution is 2.59. The van der Waals surface area contributed by atoms with E-state index in [-0.39, 0.29) is 34.0 Å². The number of aliphatic hydroxyl groups excluding tert-OH is 2. The van der Waals surface area contributed by atoms with Crippen molar-refractivity contribution in [2.75, 3.05) is 31.3 Å². The molecule has 21 heteroatoms. The molecule has 0 spiro atoms. The molecule has 7 N–H and O–H groups in total. The molecule has 0 bridgehead atoms. The zero-order chi connectivity index (χ0) is 30.0. The van der Waals surface area contributed by atoms with Gasteiger partial charge in [-0.25, -0.2) is 28.3 Å². The van der Waals surface area contributed by atoms with Crippen LogP contribution in [-0.2, 0) is 24.1 Å². The minimum absolute atomic E-state index is 0.00749. The second kappa shape index (κ2) is 10.7. The number of H-pyrrole nitrogens is 1. The zero-order valence-corrected chi connectivity index (χ0v) is 23.8. The van der Waals surface area contributed by atoms with E-state index in [1.807, 2.05) is 0 Å². The molecule has 0 aromatic carbocycles. The summed E-state index contributed by atoms with van der Waals surface area (Å²) in [5.41, 5.74) is 11.4. The quantitative estimate of drug-likeness (QED) is 0.113. The summed E-state index contributed by atoms with van der Waals surface area (Å²) in [6.45, 7) is -6.28. The number of hydrogen-bond donors (Lipinski definition) is 6. The van der Waals surface area contributed by atoms with Gasteiger partial charge in [-0.2, -0.15) is 4.98 Å². The van der Waals surface area contributed by atoms with Crippen LogP contribution < -0.4 is 17.0 Å². The molecule has 42 heavy (non-hydrogen) atoms. The molecule has 0 radical (unpaired) electrons. The topological polar surface area (TPSA) is 232 Å². The van der Waals surface area contributed by atoms with Crippen LogP contribution >= 0.6 is 30.8 Å². The highest BCUT2D eigenvalue weighted by molar-refractivity contribution is 8.44. The first-order valence-corrected chi connectivity index (χ1v) is 15.9. The Kier molecular flexibility index (Phi) is 7.45. The second-order valence-corrected chi connectivity index (χ2v) is 13.8. The number of nitrogen functional groups attached to an aromatic ring is 2. The number of ether oxygens (including phenoxy) is 1. The van der Waals surface area contributed by atoms with E-state index in [4.69, 9.17) is 25.3 Å². The number of fused-ring (bicyclic) bond motifs is 2. The Balaban J connectivity index is 1.19. The molecule has 8 atom stereocenters. The number of thioether (sulfide) groups is 1. The first-order chi connectivity index (χ1) is 19.9. The summed E-state index contributed by atoms with van der Waals surface area (Å²) in [4.78, 5) is 30.7. The first-order valence-electron chi connectivity index (χ1n) is 12.3. The van der Waals surface area contributed by atoms with Crippen LogP contribution in [0, 0.1) is 0 Å². The Hall–Kier alpha value is -2.84. The number of aliphatic hydroxyl groups is 2. The van der Waals surface area contributed by atoms with E-state index in [0.717, 1.165) is 22.7 Å². The number of imidazole rings is 2. The van der Waals surface area contributed by atoms with Crippen LogP contribution in [0.3, 0.4) is 0 Å². The predicted molar refractivity (Wildman–Crippen MR) is 149 cm³/mol. The van der Waals surface area contributed by atoms with Gasteiger partial charge in [-0.1, -0.05) is 12.2 Å². The van der Waals surface area contributed by atoms with Crippen LogP contribution in [0.2, 0.25) is 0 Å². The van der Waals surface area contributed by atoms with Gasteiger partial charge in [-0.3, -0.25) is 28.0 Å². The maximum atomic E-state index is 16.0. The number of pyridine rings is 1. The van der Waals surface area contributed by atoms with Crippen molar-refractivity contribution in [3.05, 3.63) is 35.3 Å². The van der Waals surface area contributed by atoms with Crippen LogP contribution in [-0.4, -0.2) is 93.8 Å². The maximum absolute atomic E-state index is 16.0. The van der Waals surface area contributed by atoms with Gasteiger partial charge in [-0.15, -0.1) is 11.8 Å². The molecule has 2 aliphatic rings. The summed E-state index contributed by atoms with van der Waals surface area (Å²) in [5, 5.41) is 18.5. The molecule has 4 aromatic heterocycles. The lowest BCUT2D eigenvalue weighted by atomic mass is 10.1. The number of aromatic amines is 1. The molecule has 0 saturated carbocycles. The number of nitrogens with two attached hydrogens (primary N) is 2. The SMILES string of the molecule is Nc1nc2c(ncn2[C@@H]2S[C@H](CO)[C@H](F)C2OP(=O)(S)OC[C@H]2OC[C@@](F)(n3cnc4c(N)ccnc43)[C@@H]2O)c(=O)[nH]1. The van der Waals surface area contributed by atoms with E-state index < -0.39 is 73.1 Å². The molecule has 0 amide bonds. The zero-order valence-electron chi connectivity index (χ0n) is 21.2. The summed E-state index contributed by atoms with van der Waals surface area (Å²) >= 11 is 4.88. The average Bonchev–Trinajstić information content (AvgIpc) is 3.70. The van der Waals surface area contributed by atoms with E-state index in [2.05, 4.69) is 37.2 Å². The van der Waals surface area contributed by atoms with Gasteiger partial charge in [0.15, 0.2) is 16.8 Å².